The van der Waals surface area contributed by atoms with Crippen molar-refractivity contribution in [2.75, 3.05) is 6.54 Å². The summed E-state index contributed by atoms with van der Waals surface area (Å²) in [5.74, 6) is 0. The van der Waals surface area contributed by atoms with E-state index in [-0.39, 0.29) is 0 Å². The fraction of sp³-hybridized carbons (Fsp3) is 1.00. The van der Waals surface area contributed by atoms with Crippen molar-refractivity contribution < 1.29 is 0 Å². The minimum Gasteiger partial charge on any atom is -0.255 e. The van der Waals surface area contributed by atoms with Crippen LogP contribution < -0.4 is 5.43 Å². The monoisotopic (exact) mass is 212 g/mol. The van der Waals surface area contributed by atoms with Crippen LogP contribution in [0.25, 0.3) is 0 Å². The third-order valence-corrected chi connectivity index (χ3v) is 3.52. The highest BCUT2D eigenvalue weighted by Crippen LogP contribution is 2.20. The molecule has 2 unspecified atom stereocenters. The molecular weight excluding hydrogens is 184 g/mol. The number of unbranched alkanes of at least 4 members (excludes halogenated alkanes) is 3. The number of nitrogens with one attached hydrogen (secondary N) is 1. The van der Waals surface area contributed by atoms with Gasteiger partial charge < -0.3 is 0 Å². The minimum atomic E-state index is 0.722. The summed E-state index contributed by atoms with van der Waals surface area (Å²) in [6, 6.07) is 1.44. The SMILES string of the molecule is CCCCCCNN1C(C)CCCC1C. The van der Waals surface area contributed by atoms with Crippen LogP contribution in [0.2, 0.25) is 0 Å². The highest BCUT2D eigenvalue weighted by molar-refractivity contribution is 4.76. The molecule has 0 saturated carbocycles. The number of hydrogen-bond acceptors (Lipinski definition) is 2. The Hall–Kier alpha value is -0.0800. The second-order valence-electron chi connectivity index (χ2n) is 5.00. The molecule has 0 spiro atoms. The van der Waals surface area contributed by atoms with E-state index in [1.807, 2.05) is 0 Å². The molecule has 1 fully saturated rings. The molecule has 0 aliphatic carbocycles. The number of piperidine rings is 1. The van der Waals surface area contributed by atoms with E-state index in [4.69, 9.17) is 0 Å². The Labute approximate surface area is 95.4 Å². The quantitative estimate of drug-likeness (QED) is 0.679. The lowest BCUT2D eigenvalue weighted by Gasteiger charge is -2.39. The van der Waals surface area contributed by atoms with Crippen molar-refractivity contribution in [1.82, 2.24) is 10.4 Å². The Morgan fingerprint density at radius 1 is 1.07 bits per heavy atom. The van der Waals surface area contributed by atoms with E-state index in [0.717, 1.165) is 18.6 Å². The summed E-state index contributed by atoms with van der Waals surface area (Å²) in [5, 5.41) is 2.48. The molecule has 2 nitrogen and oxygen atoms in total. The van der Waals surface area contributed by atoms with Crippen molar-refractivity contribution in [3.8, 4) is 0 Å². The topological polar surface area (TPSA) is 15.3 Å². The number of nitrogens with zero attached hydrogens (tertiary/aromatic N) is 1. The zero-order valence-electron chi connectivity index (χ0n) is 10.8. The first-order valence-electron chi connectivity index (χ1n) is 6.77. The smallest absolute Gasteiger partial charge is 0.0218 e. The van der Waals surface area contributed by atoms with Crippen molar-refractivity contribution in [3.63, 3.8) is 0 Å². The van der Waals surface area contributed by atoms with E-state index in [2.05, 4.69) is 31.2 Å². The highest BCUT2D eigenvalue weighted by Gasteiger charge is 2.23. The molecule has 1 aliphatic rings. The largest absolute Gasteiger partial charge is 0.255 e. The maximum absolute atomic E-state index is 3.61. The summed E-state index contributed by atoms with van der Waals surface area (Å²) in [6.45, 7) is 8.11. The molecule has 0 amide bonds. The van der Waals surface area contributed by atoms with E-state index < -0.39 is 0 Å². The van der Waals surface area contributed by atoms with Gasteiger partial charge in [-0.05, 0) is 33.1 Å². The van der Waals surface area contributed by atoms with E-state index in [1.54, 1.807) is 0 Å². The van der Waals surface area contributed by atoms with Crippen LogP contribution in [0.3, 0.4) is 0 Å². The zero-order valence-corrected chi connectivity index (χ0v) is 10.8. The first-order chi connectivity index (χ1) is 7.25. The summed E-state index contributed by atoms with van der Waals surface area (Å²) in [5.41, 5.74) is 3.61. The average molecular weight is 212 g/mol. The molecular formula is C13H28N2. The Balaban J connectivity index is 2.12. The van der Waals surface area contributed by atoms with E-state index >= 15 is 0 Å². The van der Waals surface area contributed by atoms with E-state index in [1.165, 1.54) is 44.9 Å². The summed E-state index contributed by atoms with van der Waals surface area (Å²) in [4.78, 5) is 0. The van der Waals surface area contributed by atoms with Crippen LogP contribution >= 0.6 is 0 Å². The van der Waals surface area contributed by atoms with Crippen LogP contribution in [0.4, 0.5) is 0 Å². The molecule has 1 aliphatic heterocycles. The molecule has 0 aromatic carbocycles. The second-order valence-corrected chi connectivity index (χ2v) is 5.00. The molecule has 0 aromatic heterocycles. The summed E-state index contributed by atoms with van der Waals surface area (Å²) < 4.78 is 0. The Kier molecular flexibility index (Phi) is 6.26. The first-order valence-corrected chi connectivity index (χ1v) is 6.77. The lowest BCUT2D eigenvalue weighted by Crippen LogP contribution is -2.52. The van der Waals surface area contributed by atoms with Gasteiger partial charge in [0.1, 0.15) is 0 Å². The van der Waals surface area contributed by atoms with Gasteiger partial charge in [0.2, 0.25) is 0 Å². The van der Waals surface area contributed by atoms with E-state index in [9.17, 15) is 0 Å². The van der Waals surface area contributed by atoms with Gasteiger partial charge in [-0.1, -0.05) is 32.6 Å². The molecule has 0 radical (unpaired) electrons. The Morgan fingerprint density at radius 2 is 1.73 bits per heavy atom. The standard InChI is InChI=1S/C13H28N2/c1-4-5-6-7-11-14-15-12(2)9-8-10-13(15)3/h12-14H,4-11H2,1-3H3. The van der Waals surface area contributed by atoms with Crippen molar-refractivity contribution in [2.45, 2.75) is 77.8 Å². The van der Waals surface area contributed by atoms with Gasteiger partial charge in [-0.15, -0.1) is 0 Å². The third kappa shape index (κ3) is 4.52. The van der Waals surface area contributed by atoms with Crippen LogP contribution in [-0.4, -0.2) is 23.6 Å². The molecule has 1 rings (SSSR count). The van der Waals surface area contributed by atoms with Gasteiger partial charge in [-0.3, -0.25) is 5.43 Å². The van der Waals surface area contributed by atoms with Crippen molar-refractivity contribution in [2.24, 2.45) is 0 Å². The number of hydrogen-bond donors (Lipinski definition) is 1. The lowest BCUT2D eigenvalue weighted by molar-refractivity contribution is 0.0459. The summed E-state index contributed by atoms with van der Waals surface area (Å²) in [7, 11) is 0. The van der Waals surface area contributed by atoms with E-state index in [0.29, 0.717) is 0 Å². The molecule has 0 aromatic rings. The third-order valence-electron chi connectivity index (χ3n) is 3.52. The van der Waals surface area contributed by atoms with Crippen LogP contribution in [-0.2, 0) is 0 Å². The van der Waals surface area contributed by atoms with Crippen molar-refractivity contribution in [1.29, 1.82) is 0 Å². The first kappa shape index (κ1) is 13.0. The minimum absolute atomic E-state index is 0.722. The van der Waals surface area contributed by atoms with Crippen LogP contribution in [0, 0.1) is 0 Å². The zero-order chi connectivity index (χ0) is 11.1. The van der Waals surface area contributed by atoms with Gasteiger partial charge in [0.25, 0.3) is 0 Å². The Bertz CT molecular complexity index is 149. The average Bonchev–Trinajstić information content (AvgIpc) is 2.21. The second kappa shape index (κ2) is 7.24. The normalized spacial score (nSPS) is 28.2. The number of rotatable bonds is 6. The maximum Gasteiger partial charge on any atom is 0.0218 e. The molecule has 90 valence electrons. The number of hydrazine groups is 1. The molecule has 15 heavy (non-hydrogen) atoms. The molecule has 2 heteroatoms. The van der Waals surface area contributed by atoms with Gasteiger partial charge >= 0.3 is 0 Å². The van der Waals surface area contributed by atoms with Gasteiger partial charge in [-0.2, -0.15) is 0 Å². The van der Waals surface area contributed by atoms with Gasteiger partial charge in [-0.25, -0.2) is 5.01 Å². The lowest BCUT2D eigenvalue weighted by atomic mass is 10.00. The fourth-order valence-corrected chi connectivity index (χ4v) is 2.49. The summed E-state index contributed by atoms with van der Waals surface area (Å²) in [6.07, 6.45) is 9.52. The molecule has 0 bridgehead atoms. The predicted octanol–water partition coefficient (Wildman–Crippen LogP) is 3.33. The molecule has 1 N–H and O–H groups in total. The predicted molar refractivity (Wildman–Crippen MR) is 66.8 cm³/mol. The molecule has 1 heterocycles. The molecule has 2 atom stereocenters. The van der Waals surface area contributed by atoms with Gasteiger partial charge in [0, 0.05) is 18.6 Å². The van der Waals surface area contributed by atoms with Crippen LogP contribution in [0.15, 0.2) is 0 Å². The Morgan fingerprint density at radius 3 is 2.33 bits per heavy atom. The highest BCUT2D eigenvalue weighted by atomic mass is 15.5. The summed E-state index contributed by atoms with van der Waals surface area (Å²) >= 11 is 0. The van der Waals surface area contributed by atoms with Crippen molar-refractivity contribution >= 4 is 0 Å². The van der Waals surface area contributed by atoms with Gasteiger partial charge in [0.05, 0.1) is 0 Å². The van der Waals surface area contributed by atoms with Crippen LogP contribution in [0.5, 0.6) is 0 Å². The van der Waals surface area contributed by atoms with Crippen LogP contribution in [0.1, 0.15) is 65.7 Å². The van der Waals surface area contributed by atoms with Crippen molar-refractivity contribution in [3.05, 3.63) is 0 Å². The fourth-order valence-electron chi connectivity index (χ4n) is 2.49. The maximum atomic E-state index is 3.61. The molecule has 1 saturated heterocycles. The van der Waals surface area contributed by atoms with Gasteiger partial charge in [0.15, 0.2) is 0 Å².